The van der Waals surface area contributed by atoms with Crippen molar-refractivity contribution in [3.05, 3.63) is 17.5 Å². The highest BCUT2D eigenvalue weighted by Crippen LogP contribution is 2.38. The summed E-state index contributed by atoms with van der Waals surface area (Å²) in [4.78, 5) is 4.26. The molecule has 0 unspecified atom stereocenters. The molecule has 2 heterocycles. The molecular formula is C12H18N6O. The quantitative estimate of drug-likeness (QED) is 0.885. The van der Waals surface area contributed by atoms with Crippen molar-refractivity contribution in [1.82, 2.24) is 24.9 Å². The number of hydrogen-bond donors (Lipinski definition) is 1. The zero-order chi connectivity index (χ0) is 13.4. The molecule has 1 fully saturated rings. The van der Waals surface area contributed by atoms with Crippen LogP contribution in [-0.4, -0.2) is 24.9 Å². The minimum atomic E-state index is 0.260. The average Bonchev–Trinajstić information content (AvgIpc) is 2.99. The fraction of sp³-hybridized carbons (Fsp3) is 0.667. The first kappa shape index (κ1) is 12.1. The summed E-state index contributed by atoms with van der Waals surface area (Å²) in [6.45, 7) is 4.59. The highest BCUT2D eigenvalue weighted by molar-refractivity contribution is 5.20. The van der Waals surface area contributed by atoms with Crippen LogP contribution < -0.4 is 5.32 Å². The van der Waals surface area contributed by atoms with Crippen LogP contribution in [0.15, 0.2) is 4.52 Å². The monoisotopic (exact) mass is 262 g/mol. The highest BCUT2D eigenvalue weighted by Gasteiger charge is 2.29. The van der Waals surface area contributed by atoms with Crippen LogP contribution in [0.2, 0.25) is 0 Å². The van der Waals surface area contributed by atoms with Crippen molar-refractivity contribution in [3.8, 4) is 0 Å². The minimum absolute atomic E-state index is 0.260. The summed E-state index contributed by atoms with van der Waals surface area (Å²) in [5.41, 5.74) is 0. The van der Waals surface area contributed by atoms with Gasteiger partial charge in [-0.2, -0.15) is 4.98 Å². The van der Waals surface area contributed by atoms with E-state index in [1.165, 1.54) is 12.8 Å². The van der Waals surface area contributed by atoms with Gasteiger partial charge in [-0.05, 0) is 12.8 Å². The number of hydrogen-bond acceptors (Lipinski definition) is 6. The fourth-order valence-corrected chi connectivity index (χ4v) is 1.92. The first-order valence-electron chi connectivity index (χ1n) is 6.60. The third-order valence-corrected chi connectivity index (χ3v) is 3.30. The van der Waals surface area contributed by atoms with E-state index in [9.17, 15) is 0 Å². The summed E-state index contributed by atoms with van der Waals surface area (Å²) in [5, 5.41) is 15.4. The van der Waals surface area contributed by atoms with Crippen molar-refractivity contribution in [2.24, 2.45) is 7.05 Å². The molecule has 19 heavy (non-hydrogen) atoms. The molecule has 7 nitrogen and oxygen atoms in total. The van der Waals surface area contributed by atoms with E-state index in [4.69, 9.17) is 4.52 Å². The van der Waals surface area contributed by atoms with E-state index in [2.05, 4.69) is 25.7 Å². The van der Waals surface area contributed by atoms with Gasteiger partial charge in [0.1, 0.15) is 5.82 Å². The largest absolute Gasteiger partial charge is 0.330 e. The molecular weight excluding hydrogens is 244 g/mol. The number of anilines is 1. The van der Waals surface area contributed by atoms with E-state index in [0.717, 1.165) is 11.6 Å². The van der Waals surface area contributed by atoms with Gasteiger partial charge in [0.15, 0.2) is 11.6 Å². The van der Waals surface area contributed by atoms with Gasteiger partial charge in [-0.3, -0.25) is 0 Å². The number of nitrogens with one attached hydrogen (secondary N) is 1. The van der Waals surface area contributed by atoms with Gasteiger partial charge >= 0.3 is 6.01 Å². The molecule has 0 aliphatic heterocycles. The molecule has 0 spiro atoms. The molecule has 1 aliphatic rings. The standard InChI is InChI=1S/C12H18N6O/c1-7(2)10-14-12(19-17-10)13-6-9-15-16-11(18(9)3)8-4-5-8/h7-8H,4-6H2,1-3H3,(H,13,14,17). The molecule has 0 radical (unpaired) electrons. The van der Waals surface area contributed by atoms with Crippen LogP contribution in [0.3, 0.4) is 0 Å². The van der Waals surface area contributed by atoms with Gasteiger partial charge in [-0.15, -0.1) is 10.2 Å². The lowest BCUT2D eigenvalue weighted by Crippen LogP contribution is -2.07. The zero-order valence-corrected chi connectivity index (χ0v) is 11.4. The number of aromatic nitrogens is 5. The van der Waals surface area contributed by atoms with E-state index < -0.39 is 0 Å². The van der Waals surface area contributed by atoms with Gasteiger partial charge in [0, 0.05) is 18.9 Å². The highest BCUT2D eigenvalue weighted by atomic mass is 16.5. The normalized spacial score (nSPS) is 15.2. The molecule has 0 atom stereocenters. The van der Waals surface area contributed by atoms with Gasteiger partial charge < -0.3 is 14.4 Å². The van der Waals surface area contributed by atoms with Crippen molar-refractivity contribution in [2.45, 2.75) is 45.1 Å². The van der Waals surface area contributed by atoms with Crippen molar-refractivity contribution in [3.63, 3.8) is 0 Å². The maximum Gasteiger partial charge on any atom is 0.321 e. The SMILES string of the molecule is CC(C)c1noc(NCc2nnc(C3CC3)n2C)n1. The Balaban J connectivity index is 1.65. The second-order valence-corrected chi connectivity index (χ2v) is 5.27. The summed E-state index contributed by atoms with van der Waals surface area (Å²) in [6, 6.07) is 0.430. The van der Waals surface area contributed by atoms with Gasteiger partial charge in [0.2, 0.25) is 0 Å². The summed E-state index contributed by atoms with van der Waals surface area (Å²) < 4.78 is 7.17. The van der Waals surface area contributed by atoms with E-state index in [1.807, 2.05) is 25.5 Å². The molecule has 0 saturated heterocycles. The average molecular weight is 262 g/mol. The lowest BCUT2D eigenvalue weighted by molar-refractivity contribution is 0.418. The van der Waals surface area contributed by atoms with E-state index in [-0.39, 0.29) is 5.92 Å². The van der Waals surface area contributed by atoms with Crippen LogP contribution in [0.25, 0.3) is 0 Å². The molecule has 1 N–H and O–H groups in total. The van der Waals surface area contributed by atoms with Crippen LogP contribution in [0, 0.1) is 0 Å². The Morgan fingerprint density at radius 2 is 2.16 bits per heavy atom. The summed E-state index contributed by atoms with van der Waals surface area (Å²) in [5.74, 6) is 3.52. The topological polar surface area (TPSA) is 81.7 Å². The summed E-state index contributed by atoms with van der Waals surface area (Å²) in [7, 11) is 2.00. The first-order valence-corrected chi connectivity index (χ1v) is 6.60. The van der Waals surface area contributed by atoms with Crippen LogP contribution in [0.4, 0.5) is 6.01 Å². The molecule has 2 aromatic heterocycles. The summed E-state index contributed by atoms with van der Waals surface area (Å²) >= 11 is 0. The zero-order valence-electron chi connectivity index (χ0n) is 11.4. The number of nitrogens with zero attached hydrogens (tertiary/aromatic N) is 5. The van der Waals surface area contributed by atoms with Crippen molar-refractivity contribution in [1.29, 1.82) is 0 Å². The second-order valence-electron chi connectivity index (χ2n) is 5.27. The maximum atomic E-state index is 5.12. The molecule has 0 amide bonds. The predicted octanol–water partition coefficient (Wildman–Crippen LogP) is 1.81. The fourth-order valence-electron chi connectivity index (χ4n) is 1.92. The second kappa shape index (κ2) is 4.64. The lowest BCUT2D eigenvalue weighted by Gasteiger charge is -2.02. The van der Waals surface area contributed by atoms with E-state index >= 15 is 0 Å². The molecule has 2 aromatic rings. The minimum Gasteiger partial charge on any atom is -0.330 e. The molecule has 1 aliphatic carbocycles. The smallest absolute Gasteiger partial charge is 0.321 e. The molecule has 1 saturated carbocycles. The molecule has 0 bridgehead atoms. The number of rotatable bonds is 5. The molecule has 3 rings (SSSR count). The van der Waals surface area contributed by atoms with Crippen LogP contribution in [0.5, 0.6) is 0 Å². The lowest BCUT2D eigenvalue weighted by atomic mass is 10.2. The Morgan fingerprint density at radius 3 is 2.79 bits per heavy atom. The maximum absolute atomic E-state index is 5.12. The van der Waals surface area contributed by atoms with E-state index in [1.54, 1.807) is 0 Å². The first-order chi connectivity index (χ1) is 9.15. The van der Waals surface area contributed by atoms with Crippen LogP contribution >= 0.6 is 0 Å². The third-order valence-electron chi connectivity index (χ3n) is 3.30. The van der Waals surface area contributed by atoms with Gasteiger partial charge in [-0.1, -0.05) is 19.0 Å². The van der Waals surface area contributed by atoms with Crippen molar-refractivity contribution < 1.29 is 4.52 Å². The molecule has 7 heteroatoms. The Labute approximate surface area is 111 Å². The van der Waals surface area contributed by atoms with Crippen LogP contribution in [-0.2, 0) is 13.6 Å². The van der Waals surface area contributed by atoms with Crippen LogP contribution in [0.1, 0.15) is 56.0 Å². The summed E-state index contributed by atoms with van der Waals surface area (Å²) in [6.07, 6.45) is 2.45. The Morgan fingerprint density at radius 1 is 1.37 bits per heavy atom. The van der Waals surface area contributed by atoms with Crippen molar-refractivity contribution in [2.75, 3.05) is 5.32 Å². The van der Waals surface area contributed by atoms with Gasteiger partial charge in [0.05, 0.1) is 6.54 Å². The Hall–Kier alpha value is -1.92. The van der Waals surface area contributed by atoms with Crippen molar-refractivity contribution >= 4 is 6.01 Å². The van der Waals surface area contributed by atoms with E-state index in [0.29, 0.717) is 24.3 Å². The third kappa shape index (κ3) is 2.45. The molecule has 102 valence electrons. The Bertz CT molecular complexity index is 569. The molecule has 0 aromatic carbocycles. The Kier molecular flexibility index (Phi) is 2.96. The van der Waals surface area contributed by atoms with Gasteiger partial charge in [0.25, 0.3) is 0 Å². The predicted molar refractivity (Wildman–Crippen MR) is 68.7 cm³/mol. The van der Waals surface area contributed by atoms with Gasteiger partial charge in [-0.25, -0.2) is 0 Å².